The van der Waals surface area contributed by atoms with Gasteiger partial charge >= 0.3 is 0 Å². The predicted octanol–water partition coefficient (Wildman–Crippen LogP) is 2.06. The lowest BCUT2D eigenvalue weighted by molar-refractivity contribution is -0.124. The van der Waals surface area contributed by atoms with Gasteiger partial charge in [-0.25, -0.2) is 0 Å². The molecule has 0 heterocycles. The second-order valence-corrected chi connectivity index (χ2v) is 6.33. The zero-order chi connectivity index (χ0) is 14.2. The molecule has 0 bridgehead atoms. The van der Waals surface area contributed by atoms with Crippen molar-refractivity contribution in [2.75, 3.05) is 19.7 Å². The Bertz CT molecular complexity index is 266. The van der Waals surface area contributed by atoms with E-state index in [1.165, 1.54) is 64.2 Å². The molecule has 2 aliphatic rings. The van der Waals surface area contributed by atoms with Crippen LogP contribution in [0.1, 0.15) is 64.2 Å². The molecule has 2 aliphatic carbocycles. The molecule has 4 heteroatoms. The molecule has 0 radical (unpaired) electrons. The molecule has 0 aromatic heterocycles. The predicted molar refractivity (Wildman–Crippen MR) is 80.5 cm³/mol. The highest BCUT2D eigenvalue weighted by Crippen LogP contribution is 2.29. The number of aliphatic hydroxyl groups is 1. The van der Waals surface area contributed by atoms with E-state index in [0.29, 0.717) is 25.2 Å². The smallest absolute Gasteiger partial charge is 0.234 e. The molecule has 0 aliphatic heterocycles. The van der Waals surface area contributed by atoms with Crippen LogP contribution in [-0.2, 0) is 4.79 Å². The van der Waals surface area contributed by atoms with Crippen LogP contribution in [0.5, 0.6) is 0 Å². The Morgan fingerprint density at radius 1 is 0.950 bits per heavy atom. The second kappa shape index (κ2) is 8.63. The van der Waals surface area contributed by atoms with E-state index in [9.17, 15) is 4.79 Å². The number of rotatable bonds is 6. The van der Waals surface area contributed by atoms with Crippen LogP contribution >= 0.6 is 0 Å². The minimum Gasteiger partial charge on any atom is -0.395 e. The van der Waals surface area contributed by atoms with Gasteiger partial charge in [0.25, 0.3) is 0 Å². The van der Waals surface area contributed by atoms with Crippen molar-refractivity contribution in [2.24, 2.45) is 0 Å². The van der Waals surface area contributed by atoms with Crippen LogP contribution in [-0.4, -0.2) is 47.7 Å². The molecular weight excluding hydrogens is 252 g/mol. The van der Waals surface area contributed by atoms with Gasteiger partial charge in [0.1, 0.15) is 0 Å². The van der Waals surface area contributed by atoms with E-state index in [1.54, 1.807) is 0 Å². The van der Waals surface area contributed by atoms with Gasteiger partial charge in [-0.2, -0.15) is 0 Å². The summed E-state index contributed by atoms with van der Waals surface area (Å²) in [6.07, 6.45) is 13.0. The first-order valence-electron chi connectivity index (χ1n) is 8.44. The number of hydrogen-bond donors (Lipinski definition) is 2. The average molecular weight is 282 g/mol. The molecule has 0 saturated heterocycles. The van der Waals surface area contributed by atoms with Crippen molar-refractivity contribution < 1.29 is 9.90 Å². The van der Waals surface area contributed by atoms with Crippen LogP contribution in [0.25, 0.3) is 0 Å². The van der Waals surface area contributed by atoms with E-state index in [2.05, 4.69) is 10.2 Å². The van der Waals surface area contributed by atoms with Crippen molar-refractivity contribution in [3.05, 3.63) is 0 Å². The van der Waals surface area contributed by atoms with Gasteiger partial charge in [0.15, 0.2) is 0 Å². The van der Waals surface area contributed by atoms with Crippen LogP contribution in [0, 0.1) is 0 Å². The topological polar surface area (TPSA) is 52.6 Å². The summed E-state index contributed by atoms with van der Waals surface area (Å²) in [5.41, 5.74) is 0. The first-order valence-corrected chi connectivity index (χ1v) is 8.44. The minimum absolute atomic E-state index is 0.0264. The van der Waals surface area contributed by atoms with E-state index in [0.717, 1.165) is 0 Å². The normalized spacial score (nSPS) is 22.1. The van der Waals surface area contributed by atoms with E-state index < -0.39 is 0 Å². The van der Waals surface area contributed by atoms with E-state index in [4.69, 9.17) is 5.11 Å². The van der Waals surface area contributed by atoms with Crippen LogP contribution < -0.4 is 5.32 Å². The van der Waals surface area contributed by atoms with Crippen molar-refractivity contribution in [1.82, 2.24) is 10.2 Å². The molecule has 0 aromatic carbocycles. The van der Waals surface area contributed by atoms with Crippen LogP contribution in [0.2, 0.25) is 0 Å². The maximum Gasteiger partial charge on any atom is 0.234 e. The highest BCUT2D eigenvalue weighted by Gasteiger charge is 2.29. The Kier molecular flexibility index (Phi) is 6.80. The monoisotopic (exact) mass is 282 g/mol. The minimum atomic E-state index is 0.0264. The van der Waals surface area contributed by atoms with Crippen molar-refractivity contribution in [2.45, 2.75) is 76.3 Å². The van der Waals surface area contributed by atoms with Gasteiger partial charge in [0.2, 0.25) is 5.91 Å². The lowest BCUT2D eigenvalue weighted by Gasteiger charge is -2.41. The number of nitrogens with one attached hydrogen (secondary N) is 1. The Hall–Kier alpha value is -0.610. The summed E-state index contributed by atoms with van der Waals surface area (Å²) < 4.78 is 0. The summed E-state index contributed by atoms with van der Waals surface area (Å²) >= 11 is 0. The summed E-state index contributed by atoms with van der Waals surface area (Å²) in [7, 11) is 0. The number of carbonyl (C=O) groups excluding carboxylic acids is 1. The average Bonchev–Trinajstić information content (AvgIpc) is 2.52. The van der Waals surface area contributed by atoms with Gasteiger partial charge in [-0.3, -0.25) is 9.69 Å². The second-order valence-electron chi connectivity index (χ2n) is 6.33. The van der Waals surface area contributed by atoms with Crippen molar-refractivity contribution >= 4 is 5.91 Å². The largest absolute Gasteiger partial charge is 0.395 e. The first-order chi connectivity index (χ1) is 9.81. The standard InChI is InChI=1S/C16H30N2O2/c19-12-11-17-16(20)13-18(14-7-3-1-4-8-14)15-9-5-2-6-10-15/h14-15,19H,1-13H2,(H,17,20). The molecule has 2 N–H and O–H groups in total. The van der Waals surface area contributed by atoms with Crippen LogP contribution in [0.4, 0.5) is 0 Å². The highest BCUT2D eigenvalue weighted by atomic mass is 16.3. The number of carbonyl (C=O) groups is 1. The summed E-state index contributed by atoms with van der Waals surface area (Å²) in [5.74, 6) is 0.0789. The molecule has 0 spiro atoms. The fourth-order valence-electron chi connectivity index (χ4n) is 3.80. The Morgan fingerprint density at radius 2 is 1.45 bits per heavy atom. The fraction of sp³-hybridized carbons (Fsp3) is 0.938. The summed E-state index contributed by atoms with van der Waals surface area (Å²) in [6.45, 7) is 0.927. The molecule has 2 fully saturated rings. The number of hydrogen-bond acceptors (Lipinski definition) is 3. The molecular formula is C16H30N2O2. The quantitative estimate of drug-likeness (QED) is 0.784. The fourth-order valence-corrected chi connectivity index (χ4v) is 3.80. The Balaban J connectivity index is 1.92. The van der Waals surface area contributed by atoms with Gasteiger partial charge in [0.05, 0.1) is 13.2 Å². The molecule has 2 rings (SSSR count). The maximum atomic E-state index is 12.0. The van der Waals surface area contributed by atoms with E-state index in [1.807, 2.05) is 0 Å². The molecule has 2 saturated carbocycles. The number of nitrogens with zero attached hydrogens (tertiary/aromatic N) is 1. The maximum absolute atomic E-state index is 12.0. The van der Waals surface area contributed by atoms with Crippen molar-refractivity contribution in [1.29, 1.82) is 0 Å². The van der Waals surface area contributed by atoms with Crippen molar-refractivity contribution in [3.63, 3.8) is 0 Å². The summed E-state index contributed by atoms with van der Waals surface area (Å²) in [5, 5.41) is 11.6. The summed E-state index contributed by atoms with van der Waals surface area (Å²) in [4.78, 5) is 14.5. The van der Waals surface area contributed by atoms with Crippen molar-refractivity contribution in [3.8, 4) is 0 Å². The van der Waals surface area contributed by atoms with Gasteiger partial charge < -0.3 is 10.4 Å². The number of amides is 1. The molecule has 0 atom stereocenters. The van der Waals surface area contributed by atoms with E-state index >= 15 is 0 Å². The third-order valence-electron chi connectivity index (χ3n) is 4.85. The molecule has 0 aromatic rings. The van der Waals surface area contributed by atoms with Crippen LogP contribution in [0.15, 0.2) is 0 Å². The van der Waals surface area contributed by atoms with E-state index in [-0.39, 0.29) is 12.5 Å². The zero-order valence-corrected chi connectivity index (χ0v) is 12.6. The van der Waals surface area contributed by atoms with Gasteiger partial charge in [0, 0.05) is 18.6 Å². The SMILES string of the molecule is O=C(CN(C1CCCCC1)C1CCCCC1)NCCO. The molecule has 4 nitrogen and oxygen atoms in total. The summed E-state index contributed by atoms with van der Waals surface area (Å²) in [6, 6.07) is 1.21. The van der Waals surface area contributed by atoms with Gasteiger partial charge in [-0.1, -0.05) is 38.5 Å². The van der Waals surface area contributed by atoms with Gasteiger partial charge in [-0.15, -0.1) is 0 Å². The molecule has 20 heavy (non-hydrogen) atoms. The third kappa shape index (κ3) is 4.74. The third-order valence-corrected chi connectivity index (χ3v) is 4.85. The van der Waals surface area contributed by atoms with Gasteiger partial charge in [-0.05, 0) is 25.7 Å². The Morgan fingerprint density at radius 3 is 1.90 bits per heavy atom. The highest BCUT2D eigenvalue weighted by molar-refractivity contribution is 5.78. The molecule has 0 unspecified atom stereocenters. The molecule has 1 amide bonds. The lowest BCUT2D eigenvalue weighted by Crippen LogP contribution is -2.50. The first kappa shape index (κ1) is 15.8. The zero-order valence-electron chi connectivity index (χ0n) is 12.6. The lowest BCUT2D eigenvalue weighted by atomic mass is 9.88. The number of aliphatic hydroxyl groups excluding tert-OH is 1. The molecule has 116 valence electrons. The van der Waals surface area contributed by atoms with Crippen LogP contribution in [0.3, 0.4) is 0 Å². The Labute approximate surface area is 122 Å².